The second-order valence-corrected chi connectivity index (χ2v) is 16.2. The summed E-state index contributed by atoms with van der Waals surface area (Å²) in [5.41, 5.74) is 23.6. The number of benzene rings is 1. The molecule has 0 bridgehead atoms. The third kappa shape index (κ3) is 16.2. The van der Waals surface area contributed by atoms with Crippen LogP contribution in [0.4, 0.5) is 0 Å². The van der Waals surface area contributed by atoms with Crippen LogP contribution in [0.5, 0.6) is 0 Å². The number of carbonyl (C=O) groups is 6. The van der Waals surface area contributed by atoms with Gasteiger partial charge < -0.3 is 54.2 Å². The van der Waals surface area contributed by atoms with Gasteiger partial charge >= 0.3 is 5.97 Å². The molecule has 6 atom stereocenters. The zero-order valence-corrected chi connectivity index (χ0v) is 34.3. The Morgan fingerprint density at radius 3 is 2.07 bits per heavy atom. The van der Waals surface area contributed by atoms with Crippen molar-refractivity contribution in [2.45, 2.75) is 146 Å². The highest BCUT2D eigenvalue weighted by Gasteiger charge is 2.40. The lowest BCUT2D eigenvalue weighted by atomic mass is 9.84. The Labute approximate surface area is 342 Å². The van der Waals surface area contributed by atoms with Crippen molar-refractivity contribution in [1.29, 1.82) is 0 Å². The lowest BCUT2D eigenvalue weighted by molar-refractivity contribution is -0.143. The van der Waals surface area contributed by atoms with Gasteiger partial charge in [-0.25, -0.2) is 4.79 Å². The first-order valence-corrected chi connectivity index (χ1v) is 21.0. The molecular weight excluding hydrogens is 745 g/mol. The van der Waals surface area contributed by atoms with E-state index >= 15 is 0 Å². The summed E-state index contributed by atoms with van der Waals surface area (Å²) in [5, 5.41) is 21.1. The molecule has 2 aliphatic rings. The van der Waals surface area contributed by atoms with E-state index in [0.29, 0.717) is 51.5 Å². The molecule has 1 saturated heterocycles. The van der Waals surface area contributed by atoms with E-state index in [0.717, 1.165) is 37.7 Å². The van der Waals surface area contributed by atoms with Gasteiger partial charge in [0.15, 0.2) is 5.96 Å². The molecular formula is C41H68N10O7. The minimum atomic E-state index is -1.23. The molecule has 1 aromatic carbocycles. The molecule has 324 valence electrons. The van der Waals surface area contributed by atoms with Crippen molar-refractivity contribution < 1.29 is 33.9 Å². The van der Waals surface area contributed by atoms with Crippen molar-refractivity contribution in [2.24, 2.45) is 39.8 Å². The molecule has 1 aromatic rings. The predicted octanol–water partition coefficient (Wildman–Crippen LogP) is 0.770. The number of hydrogen-bond donors (Lipinski definition) is 9. The molecule has 3 rings (SSSR count). The molecule has 13 N–H and O–H groups in total. The maximum absolute atomic E-state index is 14.1. The number of hydrogen-bond acceptors (Lipinski definition) is 9. The van der Waals surface area contributed by atoms with Gasteiger partial charge in [0.2, 0.25) is 29.5 Å². The average Bonchev–Trinajstić information content (AvgIpc) is 3.68. The Morgan fingerprint density at radius 2 is 1.43 bits per heavy atom. The van der Waals surface area contributed by atoms with Gasteiger partial charge in [-0.3, -0.25) is 29.0 Å². The number of aliphatic imine (C=N–C) groups is 1. The number of nitrogens with zero attached hydrogens (tertiary/aromatic N) is 2. The molecule has 1 saturated carbocycles. The van der Waals surface area contributed by atoms with Crippen LogP contribution in [-0.4, -0.2) is 107 Å². The molecule has 58 heavy (non-hydrogen) atoms. The number of rotatable bonds is 24. The highest BCUT2D eigenvalue weighted by Crippen LogP contribution is 2.28. The van der Waals surface area contributed by atoms with Crippen LogP contribution in [0.2, 0.25) is 0 Å². The van der Waals surface area contributed by atoms with E-state index in [4.69, 9.17) is 22.9 Å². The van der Waals surface area contributed by atoms with Crippen molar-refractivity contribution in [3.63, 3.8) is 0 Å². The van der Waals surface area contributed by atoms with Gasteiger partial charge in [-0.15, -0.1) is 0 Å². The van der Waals surface area contributed by atoms with Crippen LogP contribution in [0, 0.1) is 11.8 Å². The second-order valence-electron chi connectivity index (χ2n) is 16.2. The normalized spacial score (nSPS) is 18.3. The molecule has 0 spiro atoms. The molecule has 1 aliphatic heterocycles. The van der Waals surface area contributed by atoms with Gasteiger partial charge in [0.05, 0.1) is 6.04 Å². The fraction of sp³-hybridized carbons (Fsp3) is 0.683. The smallest absolute Gasteiger partial charge is 0.326 e. The van der Waals surface area contributed by atoms with Crippen LogP contribution in [0.3, 0.4) is 0 Å². The molecule has 0 radical (unpaired) electrons. The number of aliphatic carboxylic acids is 1. The number of likely N-dealkylation sites (tertiary alicyclic amines) is 1. The second kappa shape index (κ2) is 24.9. The summed E-state index contributed by atoms with van der Waals surface area (Å²) < 4.78 is 0. The lowest BCUT2D eigenvalue weighted by Crippen LogP contribution is -2.59. The Bertz CT molecular complexity index is 1520. The van der Waals surface area contributed by atoms with E-state index in [2.05, 4.69) is 26.3 Å². The van der Waals surface area contributed by atoms with E-state index in [1.165, 1.54) is 4.90 Å². The summed E-state index contributed by atoms with van der Waals surface area (Å²) in [6, 6.07) is 3.31. The van der Waals surface area contributed by atoms with Gasteiger partial charge in [0.25, 0.3) is 0 Å². The van der Waals surface area contributed by atoms with Gasteiger partial charge in [0.1, 0.15) is 30.2 Å². The fourth-order valence-corrected chi connectivity index (χ4v) is 7.76. The summed E-state index contributed by atoms with van der Waals surface area (Å²) in [4.78, 5) is 86.6. The van der Waals surface area contributed by atoms with E-state index in [-0.39, 0.29) is 50.1 Å². The summed E-state index contributed by atoms with van der Waals surface area (Å²) in [6.45, 7) is 4.71. The molecule has 0 unspecified atom stereocenters. The number of unbranched alkanes of at least 4 members (excludes halogenated alkanes) is 1. The molecule has 0 aromatic heterocycles. The van der Waals surface area contributed by atoms with Crippen LogP contribution in [-0.2, 0) is 35.2 Å². The van der Waals surface area contributed by atoms with Crippen molar-refractivity contribution in [1.82, 2.24) is 26.2 Å². The van der Waals surface area contributed by atoms with Crippen molar-refractivity contribution >= 4 is 41.5 Å². The summed E-state index contributed by atoms with van der Waals surface area (Å²) in [6.07, 6.45) is 8.49. The van der Waals surface area contributed by atoms with Crippen molar-refractivity contribution in [3.05, 3.63) is 35.9 Å². The molecule has 2 fully saturated rings. The lowest BCUT2D eigenvalue weighted by Gasteiger charge is -2.31. The van der Waals surface area contributed by atoms with Crippen LogP contribution >= 0.6 is 0 Å². The third-order valence-corrected chi connectivity index (χ3v) is 10.9. The number of guanidine groups is 1. The minimum absolute atomic E-state index is 0.0353. The number of carboxylic acid groups (broad SMARTS) is 1. The van der Waals surface area contributed by atoms with Gasteiger partial charge in [-0.1, -0.05) is 76.3 Å². The summed E-state index contributed by atoms with van der Waals surface area (Å²) >= 11 is 0. The van der Waals surface area contributed by atoms with E-state index in [9.17, 15) is 33.9 Å². The zero-order chi connectivity index (χ0) is 42.6. The number of carbonyl (C=O) groups excluding carboxylic acids is 5. The summed E-state index contributed by atoms with van der Waals surface area (Å²) in [7, 11) is 0. The number of carboxylic acids is 1. The standard InChI is InChI=1S/C41H68N10O7/c1-26(2)23-32(36(53)49-33(25-28-15-7-4-8-16-28)37(54)48-31(40(57)58)18-11-21-46-41(44)45)50-38(55)34-19-12-22-51(34)39(56)30(17-9-10-20-42)47-35(52)29(43)24-27-13-5-3-6-14-27/h3,5-6,13-14,26,28-34H,4,7-12,15-25,42-43H2,1-2H3,(H,47,52)(H,48,54)(H,49,53)(H,50,55)(H,57,58)(H4,44,45,46)/t29-,30-,31-,32-,33-,34-/m0/s1. The first kappa shape index (κ1) is 47.6. The van der Waals surface area contributed by atoms with Crippen molar-refractivity contribution in [2.75, 3.05) is 19.6 Å². The van der Waals surface area contributed by atoms with E-state index < -0.39 is 71.8 Å². The maximum atomic E-state index is 14.1. The largest absolute Gasteiger partial charge is 0.480 e. The Morgan fingerprint density at radius 1 is 0.793 bits per heavy atom. The SMILES string of the molecule is CC(C)C[C@H](NC(=O)[C@@H]1CCCN1C(=O)[C@H](CCCCN)NC(=O)[C@@H](N)Cc1ccccc1)C(=O)N[C@@H](CC1CCCCC1)C(=O)N[C@@H](CCCN=C(N)N)C(=O)O. The maximum Gasteiger partial charge on any atom is 0.326 e. The Kier molecular flexibility index (Phi) is 20.4. The summed E-state index contributed by atoms with van der Waals surface area (Å²) in [5.74, 6) is -3.82. The van der Waals surface area contributed by atoms with Gasteiger partial charge in [-0.2, -0.15) is 0 Å². The monoisotopic (exact) mass is 813 g/mol. The topological polar surface area (TPSA) is 290 Å². The quantitative estimate of drug-likeness (QED) is 0.0399. The molecule has 17 nitrogen and oxygen atoms in total. The molecule has 5 amide bonds. The highest BCUT2D eigenvalue weighted by molar-refractivity contribution is 5.96. The molecule has 17 heteroatoms. The minimum Gasteiger partial charge on any atom is -0.480 e. The number of nitrogens with two attached hydrogens (primary N) is 4. The first-order valence-electron chi connectivity index (χ1n) is 21.0. The van der Waals surface area contributed by atoms with Crippen molar-refractivity contribution in [3.8, 4) is 0 Å². The number of nitrogens with one attached hydrogen (secondary N) is 4. The Hall–Kier alpha value is -4.77. The van der Waals surface area contributed by atoms with Crippen LogP contribution in [0.25, 0.3) is 0 Å². The predicted molar refractivity (Wildman–Crippen MR) is 222 cm³/mol. The van der Waals surface area contributed by atoms with Gasteiger partial charge in [-0.05, 0) is 88.2 Å². The molecule has 1 aliphatic carbocycles. The fourth-order valence-electron chi connectivity index (χ4n) is 7.76. The van der Waals surface area contributed by atoms with Crippen LogP contribution in [0.1, 0.15) is 109 Å². The van der Waals surface area contributed by atoms with E-state index in [1.807, 2.05) is 44.2 Å². The van der Waals surface area contributed by atoms with E-state index in [1.54, 1.807) is 0 Å². The first-order chi connectivity index (χ1) is 27.7. The highest BCUT2D eigenvalue weighted by atomic mass is 16.4. The van der Waals surface area contributed by atoms with Gasteiger partial charge in [0, 0.05) is 13.1 Å². The van der Waals surface area contributed by atoms with Crippen LogP contribution < -0.4 is 44.2 Å². The Balaban J connectivity index is 1.75. The molecule has 1 heterocycles. The van der Waals surface area contributed by atoms with Crippen LogP contribution in [0.15, 0.2) is 35.3 Å². The zero-order valence-electron chi connectivity index (χ0n) is 34.3. The third-order valence-electron chi connectivity index (χ3n) is 10.9. The number of amides is 5. The average molecular weight is 813 g/mol.